The van der Waals surface area contributed by atoms with E-state index in [9.17, 15) is 4.79 Å². The summed E-state index contributed by atoms with van der Waals surface area (Å²) in [6.45, 7) is 2.29. The summed E-state index contributed by atoms with van der Waals surface area (Å²) in [6, 6.07) is 29.4. The van der Waals surface area contributed by atoms with Gasteiger partial charge in [-0.2, -0.15) is 0 Å². The minimum Gasteiger partial charge on any atom is -0.489 e. The van der Waals surface area contributed by atoms with Crippen molar-refractivity contribution in [3.63, 3.8) is 0 Å². The van der Waals surface area contributed by atoms with Crippen LogP contribution in [0.3, 0.4) is 0 Å². The molecule has 0 saturated carbocycles. The van der Waals surface area contributed by atoms with Gasteiger partial charge in [0.25, 0.3) is 0 Å². The highest BCUT2D eigenvalue weighted by atomic mass is 16.5. The number of hydrogen-bond donors (Lipinski definition) is 0. The van der Waals surface area contributed by atoms with Crippen LogP contribution >= 0.6 is 0 Å². The molecule has 0 amide bonds. The molecule has 1 aromatic heterocycles. The highest BCUT2D eigenvalue weighted by Crippen LogP contribution is 2.26. The molecule has 0 saturated heterocycles. The molecule has 0 aliphatic heterocycles. The predicted octanol–water partition coefficient (Wildman–Crippen LogP) is 6.34. The van der Waals surface area contributed by atoms with E-state index in [0.717, 1.165) is 22.4 Å². The Morgan fingerprint density at radius 2 is 1.32 bits per heavy atom. The molecule has 0 aliphatic rings. The molecule has 0 aliphatic carbocycles. The Bertz CT molecular complexity index is 1170. The minimum atomic E-state index is -0.375. The molecule has 3 aromatic carbocycles. The summed E-state index contributed by atoms with van der Waals surface area (Å²) >= 11 is 0. The molecule has 4 aromatic rings. The predicted molar refractivity (Wildman–Crippen MR) is 132 cm³/mol. The van der Waals surface area contributed by atoms with Crippen molar-refractivity contribution in [2.75, 3.05) is 0 Å². The highest BCUT2D eigenvalue weighted by molar-refractivity contribution is 5.71. The summed E-state index contributed by atoms with van der Waals surface area (Å²) in [5, 5.41) is 0. The first-order valence-electron chi connectivity index (χ1n) is 11.0. The summed E-state index contributed by atoms with van der Waals surface area (Å²) in [6.07, 6.45) is 5.35. The molecular weight excluding hydrogens is 426 g/mol. The van der Waals surface area contributed by atoms with Crippen molar-refractivity contribution in [1.82, 2.24) is 4.98 Å². The number of esters is 1. The van der Waals surface area contributed by atoms with Crippen molar-refractivity contribution in [2.24, 2.45) is 0 Å². The van der Waals surface area contributed by atoms with Gasteiger partial charge < -0.3 is 14.2 Å². The van der Waals surface area contributed by atoms with E-state index in [1.54, 1.807) is 12.1 Å². The maximum Gasteiger partial charge on any atom is 0.308 e. The van der Waals surface area contributed by atoms with E-state index >= 15 is 0 Å². The number of hydrogen-bond acceptors (Lipinski definition) is 5. The Morgan fingerprint density at radius 3 is 1.82 bits per heavy atom. The van der Waals surface area contributed by atoms with Gasteiger partial charge in [-0.25, -0.2) is 0 Å². The molecule has 0 radical (unpaired) electrons. The Kier molecular flexibility index (Phi) is 7.70. The average Bonchev–Trinajstić information content (AvgIpc) is 2.87. The molecule has 4 rings (SSSR count). The molecule has 34 heavy (non-hydrogen) atoms. The lowest BCUT2D eigenvalue weighted by Gasteiger charge is -2.12. The number of carbonyl (C=O) groups excluding carboxylic acids is 1. The van der Waals surface area contributed by atoms with Crippen molar-refractivity contribution in [2.45, 2.75) is 20.1 Å². The summed E-state index contributed by atoms with van der Waals surface area (Å²) in [7, 11) is 0. The van der Waals surface area contributed by atoms with Gasteiger partial charge in [-0.05, 0) is 47.0 Å². The van der Waals surface area contributed by atoms with Crippen LogP contribution in [-0.4, -0.2) is 11.0 Å². The number of benzene rings is 3. The molecule has 5 heteroatoms. The zero-order valence-corrected chi connectivity index (χ0v) is 18.9. The molecule has 0 spiro atoms. The Morgan fingerprint density at radius 1 is 0.735 bits per heavy atom. The van der Waals surface area contributed by atoms with Gasteiger partial charge in [-0.3, -0.25) is 9.78 Å². The smallest absolute Gasteiger partial charge is 0.308 e. The van der Waals surface area contributed by atoms with Gasteiger partial charge in [0.1, 0.15) is 30.5 Å². The maximum absolute atomic E-state index is 11.1. The van der Waals surface area contributed by atoms with Crippen molar-refractivity contribution in [1.29, 1.82) is 0 Å². The third-order valence-corrected chi connectivity index (χ3v) is 4.87. The van der Waals surface area contributed by atoms with Gasteiger partial charge in [0.15, 0.2) is 0 Å². The van der Waals surface area contributed by atoms with Gasteiger partial charge in [0.2, 0.25) is 0 Å². The van der Waals surface area contributed by atoms with Gasteiger partial charge >= 0.3 is 5.97 Å². The van der Waals surface area contributed by atoms with E-state index in [1.807, 2.05) is 91.0 Å². The normalized spacial score (nSPS) is 10.7. The second kappa shape index (κ2) is 11.5. The average molecular weight is 452 g/mol. The second-order valence-electron chi connectivity index (χ2n) is 7.63. The quantitative estimate of drug-likeness (QED) is 0.278. The topological polar surface area (TPSA) is 57.7 Å². The van der Waals surface area contributed by atoms with Crippen molar-refractivity contribution >= 4 is 18.1 Å². The third-order valence-electron chi connectivity index (χ3n) is 4.87. The summed E-state index contributed by atoms with van der Waals surface area (Å²) < 4.78 is 17.1. The standard InChI is InChI=1S/C29H25NO4/c1-22(31)34-27-15-14-26(30-19-27)13-12-25-16-28(32-20-23-8-4-2-5-9-23)18-29(17-25)33-21-24-10-6-3-7-11-24/h2-19H,20-21H2,1H3. The number of ether oxygens (including phenoxy) is 3. The number of aromatic nitrogens is 1. The summed E-state index contributed by atoms with van der Waals surface area (Å²) in [5.41, 5.74) is 3.83. The number of rotatable bonds is 9. The van der Waals surface area contributed by atoms with Crippen LogP contribution in [0.25, 0.3) is 12.2 Å². The maximum atomic E-state index is 11.1. The van der Waals surface area contributed by atoms with Crippen LogP contribution in [0.5, 0.6) is 17.2 Å². The molecule has 0 unspecified atom stereocenters. The first kappa shape index (κ1) is 22.8. The van der Waals surface area contributed by atoms with Crippen LogP contribution < -0.4 is 14.2 Å². The zero-order valence-electron chi connectivity index (χ0n) is 18.9. The van der Waals surface area contributed by atoms with Crippen LogP contribution in [0, 0.1) is 0 Å². The van der Waals surface area contributed by atoms with Crippen LogP contribution in [0.1, 0.15) is 29.3 Å². The lowest BCUT2D eigenvalue weighted by Crippen LogP contribution is -2.01. The Hall–Kier alpha value is -4.38. The summed E-state index contributed by atoms with van der Waals surface area (Å²) in [5.74, 6) is 1.47. The monoisotopic (exact) mass is 451 g/mol. The summed E-state index contributed by atoms with van der Waals surface area (Å²) in [4.78, 5) is 15.4. The first-order chi connectivity index (χ1) is 16.6. The van der Waals surface area contributed by atoms with Crippen LogP contribution in [0.2, 0.25) is 0 Å². The third kappa shape index (κ3) is 7.07. The number of pyridine rings is 1. The SMILES string of the molecule is CC(=O)Oc1ccc(C=Cc2cc(OCc3ccccc3)cc(OCc3ccccc3)c2)nc1. The Balaban J connectivity index is 1.51. The molecular formula is C29H25NO4. The van der Waals surface area contributed by atoms with Crippen LogP contribution in [0.15, 0.2) is 97.2 Å². The molecule has 170 valence electrons. The van der Waals surface area contributed by atoms with Gasteiger partial charge in [0, 0.05) is 13.0 Å². The minimum absolute atomic E-state index is 0.375. The molecule has 0 fully saturated rings. The van der Waals surface area contributed by atoms with Crippen LogP contribution in [0.4, 0.5) is 0 Å². The number of nitrogens with zero attached hydrogens (tertiary/aromatic N) is 1. The fourth-order valence-electron chi connectivity index (χ4n) is 3.24. The highest BCUT2D eigenvalue weighted by Gasteiger charge is 2.05. The lowest BCUT2D eigenvalue weighted by molar-refractivity contribution is -0.131. The zero-order chi connectivity index (χ0) is 23.6. The van der Waals surface area contributed by atoms with E-state index in [1.165, 1.54) is 13.1 Å². The van der Waals surface area contributed by atoms with Crippen molar-refractivity contribution in [3.8, 4) is 17.2 Å². The van der Waals surface area contributed by atoms with Gasteiger partial charge in [-0.1, -0.05) is 66.7 Å². The van der Waals surface area contributed by atoms with Crippen LogP contribution in [-0.2, 0) is 18.0 Å². The first-order valence-corrected chi connectivity index (χ1v) is 11.0. The van der Waals surface area contributed by atoms with Crippen molar-refractivity contribution in [3.05, 3.63) is 120 Å². The van der Waals surface area contributed by atoms with E-state index in [4.69, 9.17) is 14.2 Å². The fraction of sp³-hybridized carbons (Fsp3) is 0.103. The molecule has 0 atom stereocenters. The molecule has 0 bridgehead atoms. The number of carbonyl (C=O) groups is 1. The lowest BCUT2D eigenvalue weighted by atomic mass is 10.1. The van der Waals surface area contributed by atoms with E-state index in [0.29, 0.717) is 30.5 Å². The molecule has 1 heterocycles. The molecule has 0 N–H and O–H groups in total. The van der Waals surface area contributed by atoms with E-state index in [-0.39, 0.29) is 5.97 Å². The van der Waals surface area contributed by atoms with E-state index < -0.39 is 0 Å². The Labute approximate surface area is 199 Å². The fourth-order valence-corrected chi connectivity index (χ4v) is 3.24. The van der Waals surface area contributed by atoms with E-state index in [2.05, 4.69) is 4.98 Å². The van der Waals surface area contributed by atoms with Gasteiger partial charge in [-0.15, -0.1) is 0 Å². The molecule has 5 nitrogen and oxygen atoms in total. The largest absolute Gasteiger partial charge is 0.489 e. The second-order valence-corrected chi connectivity index (χ2v) is 7.63. The van der Waals surface area contributed by atoms with Crippen molar-refractivity contribution < 1.29 is 19.0 Å². The van der Waals surface area contributed by atoms with Gasteiger partial charge in [0.05, 0.1) is 11.9 Å².